The molecule has 0 fully saturated rings. The Morgan fingerprint density at radius 3 is 2.53 bits per heavy atom. The van der Waals surface area contributed by atoms with Gasteiger partial charge in [0, 0.05) is 0 Å². The zero-order valence-corrected chi connectivity index (χ0v) is 11.1. The van der Waals surface area contributed by atoms with Crippen LogP contribution in [0, 0.1) is 0 Å². The Bertz CT molecular complexity index is 456. The second-order valence-electron chi connectivity index (χ2n) is 4.93. The molecule has 0 spiro atoms. The fraction of sp³-hybridized carbons (Fsp3) is 0.462. The first-order chi connectivity index (χ1) is 8.70. The fourth-order valence-corrected chi connectivity index (χ4v) is 1.36. The molecule has 0 bridgehead atoms. The third-order valence-electron chi connectivity index (χ3n) is 2.02. The third-order valence-corrected chi connectivity index (χ3v) is 2.02. The average molecular weight is 273 g/mol. The largest absolute Gasteiger partial charge is 0.485 e. The molecule has 0 aliphatic heterocycles. The van der Waals surface area contributed by atoms with Gasteiger partial charge in [-0.25, -0.2) is 13.6 Å². The summed E-state index contributed by atoms with van der Waals surface area (Å²) in [5.41, 5.74) is 5.09. The summed E-state index contributed by atoms with van der Waals surface area (Å²) in [5.74, 6) is -0.735. The Labute approximate surface area is 110 Å². The molecule has 0 aromatic heterocycles. The highest BCUT2D eigenvalue weighted by Crippen LogP contribution is 2.28. The highest BCUT2D eigenvalue weighted by molar-refractivity contribution is 5.94. The molecule has 0 amide bonds. The quantitative estimate of drug-likeness (QED) is 0.677. The standard InChI is InChI=1S/C13H17F2NO3/c1-13(2,3)19-12(17)8-5-4-6-9(16)11(8)18-7-10(14)15/h4-6,10H,7,16H2,1-3H3. The number of benzene rings is 1. The second-order valence-corrected chi connectivity index (χ2v) is 4.93. The summed E-state index contributed by atoms with van der Waals surface area (Å²) in [4.78, 5) is 11.9. The molecular weight excluding hydrogens is 256 g/mol. The summed E-state index contributed by atoms with van der Waals surface area (Å²) in [6, 6.07) is 4.42. The maximum absolute atomic E-state index is 12.2. The summed E-state index contributed by atoms with van der Waals surface area (Å²) in [7, 11) is 0. The van der Waals surface area contributed by atoms with Crippen LogP contribution in [0.5, 0.6) is 5.75 Å². The first-order valence-electron chi connectivity index (χ1n) is 5.73. The predicted molar refractivity (Wildman–Crippen MR) is 67.5 cm³/mol. The Hall–Kier alpha value is -1.85. The van der Waals surface area contributed by atoms with Gasteiger partial charge in [-0.05, 0) is 32.9 Å². The highest BCUT2D eigenvalue weighted by atomic mass is 19.3. The smallest absolute Gasteiger partial charge is 0.342 e. The Balaban J connectivity index is 2.99. The molecule has 0 radical (unpaired) electrons. The molecule has 4 nitrogen and oxygen atoms in total. The molecule has 0 aliphatic carbocycles. The van der Waals surface area contributed by atoms with Gasteiger partial charge in [0.1, 0.15) is 17.8 Å². The van der Waals surface area contributed by atoms with Crippen molar-refractivity contribution in [3.63, 3.8) is 0 Å². The van der Waals surface area contributed by atoms with Crippen LogP contribution < -0.4 is 10.5 Å². The van der Waals surface area contributed by atoms with E-state index < -0.39 is 24.6 Å². The van der Waals surface area contributed by atoms with Crippen molar-refractivity contribution in [2.75, 3.05) is 12.3 Å². The van der Waals surface area contributed by atoms with E-state index in [1.165, 1.54) is 18.2 Å². The zero-order valence-electron chi connectivity index (χ0n) is 11.1. The van der Waals surface area contributed by atoms with E-state index in [0.29, 0.717) is 0 Å². The summed E-state index contributed by atoms with van der Waals surface area (Å²) in [5, 5.41) is 0. The van der Waals surface area contributed by atoms with Crippen LogP contribution in [0.3, 0.4) is 0 Å². The molecular formula is C13H17F2NO3. The third kappa shape index (κ3) is 4.73. The zero-order chi connectivity index (χ0) is 14.6. The maximum atomic E-state index is 12.2. The molecule has 19 heavy (non-hydrogen) atoms. The number of ether oxygens (including phenoxy) is 2. The Morgan fingerprint density at radius 2 is 2.00 bits per heavy atom. The first kappa shape index (κ1) is 15.2. The van der Waals surface area contributed by atoms with Crippen molar-refractivity contribution in [2.45, 2.75) is 32.8 Å². The Kier molecular flexibility index (Phi) is 4.69. The number of esters is 1. The lowest BCUT2D eigenvalue weighted by Crippen LogP contribution is -2.24. The van der Waals surface area contributed by atoms with Crippen LogP contribution in [0.1, 0.15) is 31.1 Å². The van der Waals surface area contributed by atoms with Gasteiger partial charge >= 0.3 is 5.97 Å². The van der Waals surface area contributed by atoms with Crippen molar-refractivity contribution in [1.82, 2.24) is 0 Å². The number of alkyl halides is 2. The first-order valence-corrected chi connectivity index (χ1v) is 5.73. The molecule has 1 aromatic carbocycles. The molecule has 0 unspecified atom stereocenters. The topological polar surface area (TPSA) is 61.5 Å². The number of nitrogens with two attached hydrogens (primary N) is 1. The minimum atomic E-state index is -2.65. The number of carbonyl (C=O) groups is 1. The van der Waals surface area contributed by atoms with Crippen LogP contribution in [0.25, 0.3) is 0 Å². The van der Waals surface area contributed by atoms with Gasteiger partial charge in [-0.2, -0.15) is 0 Å². The number of anilines is 1. The van der Waals surface area contributed by atoms with Gasteiger partial charge in [-0.3, -0.25) is 0 Å². The van der Waals surface area contributed by atoms with Crippen LogP contribution in [0.4, 0.5) is 14.5 Å². The van der Waals surface area contributed by atoms with E-state index in [4.69, 9.17) is 15.2 Å². The monoisotopic (exact) mass is 273 g/mol. The Morgan fingerprint density at radius 1 is 1.37 bits per heavy atom. The van der Waals surface area contributed by atoms with Crippen LogP contribution in [0.2, 0.25) is 0 Å². The second kappa shape index (κ2) is 5.86. The number of hydrogen-bond acceptors (Lipinski definition) is 4. The molecule has 0 heterocycles. The van der Waals surface area contributed by atoms with E-state index in [-0.39, 0.29) is 17.0 Å². The van der Waals surface area contributed by atoms with Crippen molar-refractivity contribution in [1.29, 1.82) is 0 Å². The SMILES string of the molecule is CC(C)(C)OC(=O)c1cccc(N)c1OCC(F)F. The number of nitrogen functional groups attached to an aromatic ring is 1. The molecule has 1 rings (SSSR count). The summed E-state index contributed by atoms with van der Waals surface area (Å²) in [6.07, 6.45) is -2.65. The highest BCUT2D eigenvalue weighted by Gasteiger charge is 2.22. The molecule has 0 saturated heterocycles. The molecule has 106 valence electrons. The van der Waals surface area contributed by atoms with Gasteiger partial charge in [-0.15, -0.1) is 0 Å². The average Bonchev–Trinajstić information content (AvgIpc) is 2.24. The van der Waals surface area contributed by atoms with Gasteiger partial charge in [0.15, 0.2) is 5.75 Å². The van der Waals surface area contributed by atoms with E-state index in [1.54, 1.807) is 20.8 Å². The molecule has 0 saturated carbocycles. The van der Waals surface area contributed by atoms with E-state index in [2.05, 4.69) is 0 Å². The number of halogens is 2. The molecule has 0 atom stereocenters. The number of hydrogen-bond donors (Lipinski definition) is 1. The van der Waals surface area contributed by atoms with Crippen LogP contribution in [0.15, 0.2) is 18.2 Å². The normalized spacial score (nSPS) is 11.5. The lowest BCUT2D eigenvalue weighted by molar-refractivity contribution is 0.00618. The molecule has 6 heteroatoms. The van der Waals surface area contributed by atoms with E-state index in [0.717, 1.165) is 0 Å². The van der Waals surface area contributed by atoms with E-state index in [9.17, 15) is 13.6 Å². The van der Waals surface area contributed by atoms with Crippen LogP contribution in [-0.4, -0.2) is 24.6 Å². The van der Waals surface area contributed by atoms with Crippen molar-refractivity contribution < 1.29 is 23.0 Å². The number of rotatable bonds is 4. The van der Waals surface area contributed by atoms with Gasteiger partial charge in [0.25, 0.3) is 6.43 Å². The van der Waals surface area contributed by atoms with Gasteiger partial charge in [0.2, 0.25) is 0 Å². The number of carbonyl (C=O) groups excluding carboxylic acids is 1. The molecule has 1 aromatic rings. The van der Waals surface area contributed by atoms with E-state index in [1.807, 2.05) is 0 Å². The predicted octanol–water partition coefficient (Wildman–Crippen LogP) is 2.87. The van der Waals surface area contributed by atoms with Gasteiger partial charge in [0.05, 0.1) is 5.69 Å². The van der Waals surface area contributed by atoms with Gasteiger partial charge in [-0.1, -0.05) is 6.07 Å². The summed E-state index contributed by atoms with van der Waals surface area (Å²) >= 11 is 0. The fourth-order valence-electron chi connectivity index (χ4n) is 1.36. The van der Waals surface area contributed by atoms with E-state index >= 15 is 0 Å². The van der Waals surface area contributed by atoms with Crippen molar-refractivity contribution in [2.24, 2.45) is 0 Å². The summed E-state index contributed by atoms with van der Waals surface area (Å²) in [6.45, 7) is 4.29. The van der Waals surface area contributed by atoms with Crippen molar-refractivity contribution in [3.05, 3.63) is 23.8 Å². The maximum Gasteiger partial charge on any atom is 0.342 e. The minimum Gasteiger partial charge on any atom is -0.485 e. The lowest BCUT2D eigenvalue weighted by atomic mass is 10.1. The van der Waals surface area contributed by atoms with Gasteiger partial charge < -0.3 is 15.2 Å². The van der Waals surface area contributed by atoms with Crippen molar-refractivity contribution in [3.8, 4) is 5.75 Å². The molecule has 2 N–H and O–H groups in total. The minimum absolute atomic E-state index is 0.0376. The molecule has 0 aliphatic rings. The van der Waals surface area contributed by atoms with Crippen LogP contribution >= 0.6 is 0 Å². The van der Waals surface area contributed by atoms with Crippen LogP contribution in [-0.2, 0) is 4.74 Å². The number of para-hydroxylation sites is 1. The summed E-state index contributed by atoms with van der Waals surface area (Å²) < 4.78 is 34.4. The van der Waals surface area contributed by atoms with Crippen molar-refractivity contribution >= 4 is 11.7 Å². The lowest BCUT2D eigenvalue weighted by Gasteiger charge is -2.21.